The first kappa shape index (κ1) is 14.5. The summed E-state index contributed by atoms with van der Waals surface area (Å²) in [6, 6.07) is 0. The maximum absolute atomic E-state index is 12.1. The minimum Gasteiger partial charge on any atom is -0.395 e. The highest BCUT2D eigenvalue weighted by molar-refractivity contribution is 5.98. The maximum atomic E-state index is 12.1. The molecule has 0 aromatic carbocycles. The summed E-state index contributed by atoms with van der Waals surface area (Å²) in [6.45, 7) is 6.16. The predicted octanol–water partition coefficient (Wildman–Crippen LogP) is 0.719. The monoisotopic (exact) mass is 254 g/mol. The topological polar surface area (TPSA) is 82.2 Å². The third kappa shape index (κ3) is 3.01. The van der Waals surface area contributed by atoms with E-state index < -0.39 is 5.60 Å². The number of hydrogen-bond acceptors (Lipinski definition) is 4. The van der Waals surface area contributed by atoms with E-state index in [9.17, 15) is 4.79 Å². The third-order valence-corrected chi connectivity index (χ3v) is 2.94. The van der Waals surface area contributed by atoms with Gasteiger partial charge in [-0.1, -0.05) is 6.92 Å². The molecule has 0 aliphatic carbocycles. The fraction of sp³-hybridized carbons (Fsp3) is 0.667. The van der Waals surface area contributed by atoms with Crippen molar-refractivity contribution >= 4 is 11.6 Å². The van der Waals surface area contributed by atoms with Crippen molar-refractivity contribution < 1.29 is 9.53 Å². The van der Waals surface area contributed by atoms with E-state index in [-0.39, 0.29) is 5.91 Å². The average molecular weight is 254 g/mol. The van der Waals surface area contributed by atoms with Gasteiger partial charge in [0.25, 0.3) is 5.91 Å². The van der Waals surface area contributed by atoms with Crippen molar-refractivity contribution in [1.82, 2.24) is 15.1 Å². The van der Waals surface area contributed by atoms with Crippen LogP contribution in [0.15, 0.2) is 0 Å². The quantitative estimate of drug-likeness (QED) is 0.811. The molecule has 0 saturated heterocycles. The molecule has 0 spiro atoms. The summed E-state index contributed by atoms with van der Waals surface area (Å²) in [4.78, 5) is 12.1. The number of aryl methyl sites for hydroxylation is 2. The first-order valence-corrected chi connectivity index (χ1v) is 5.97. The Bertz CT molecular complexity index is 438. The molecule has 1 amide bonds. The third-order valence-electron chi connectivity index (χ3n) is 2.94. The molecule has 0 bridgehead atoms. The molecule has 0 atom stereocenters. The number of carbonyl (C=O) groups is 1. The molecule has 0 aliphatic rings. The van der Waals surface area contributed by atoms with E-state index in [0.717, 1.165) is 5.69 Å². The molecule has 1 aromatic heterocycles. The van der Waals surface area contributed by atoms with Crippen LogP contribution in [-0.4, -0.2) is 34.9 Å². The van der Waals surface area contributed by atoms with Crippen LogP contribution in [0.25, 0.3) is 0 Å². The number of carbonyl (C=O) groups excluding carboxylic acids is 1. The van der Waals surface area contributed by atoms with E-state index in [2.05, 4.69) is 10.4 Å². The lowest BCUT2D eigenvalue weighted by atomic mass is 10.1. The van der Waals surface area contributed by atoms with Gasteiger partial charge in [-0.05, 0) is 20.3 Å². The molecule has 6 heteroatoms. The molecule has 3 N–H and O–H groups in total. The van der Waals surface area contributed by atoms with E-state index in [1.54, 1.807) is 14.2 Å². The standard InChI is InChI=1S/C12H22N4O2/c1-6-8-9(13)10(16(4)15-8)11(17)14-7-12(2,3)18-5/h6-7,13H2,1-5H3,(H,14,17). The van der Waals surface area contributed by atoms with Crippen LogP contribution >= 0.6 is 0 Å². The lowest BCUT2D eigenvalue weighted by molar-refractivity contribution is 0.0228. The number of ether oxygens (including phenoxy) is 1. The highest BCUT2D eigenvalue weighted by Crippen LogP contribution is 2.17. The van der Waals surface area contributed by atoms with Crippen molar-refractivity contribution in [2.24, 2.45) is 7.05 Å². The fourth-order valence-corrected chi connectivity index (χ4v) is 1.58. The molecule has 0 radical (unpaired) electrons. The van der Waals surface area contributed by atoms with Crippen LogP contribution in [0.4, 0.5) is 5.69 Å². The van der Waals surface area contributed by atoms with Gasteiger partial charge in [-0.3, -0.25) is 9.48 Å². The van der Waals surface area contributed by atoms with Gasteiger partial charge in [0.1, 0.15) is 5.69 Å². The summed E-state index contributed by atoms with van der Waals surface area (Å²) in [6.07, 6.45) is 0.705. The molecular weight excluding hydrogens is 232 g/mol. The van der Waals surface area contributed by atoms with Crippen LogP contribution in [0.1, 0.15) is 37.0 Å². The van der Waals surface area contributed by atoms with Gasteiger partial charge in [-0.15, -0.1) is 0 Å². The van der Waals surface area contributed by atoms with Gasteiger partial charge in [0.05, 0.1) is 17.0 Å². The predicted molar refractivity (Wildman–Crippen MR) is 70.4 cm³/mol. The summed E-state index contributed by atoms with van der Waals surface area (Å²) >= 11 is 0. The highest BCUT2D eigenvalue weighted by atomic mass is 16.5. The Morgan fingerprint density at radius 2 is 2.17 bits per heavy atom. The SMILES string of the molecule is CCc1nn(C)c(C(=O)NCC(C)(C)OC)c1N. The normalized spacial score (nSPS) is 11.6. The van der Waals surface area contributed by atoms with Crippen LogP contribution in [0.3, 0.4) is 0 Å². The molecule has 102 valence electrons. The number of nitrogens with two attached hydrogens (primary N) is 1. The molecule has 0 fully saturated rings. The highest BCUT2D eigenvalue weighted by Gasteiger charge is 2.22. The van der Waals surface area contributed by atoms with Crippen molar-refractivity contribution in [2.45, 2.75) is 32.8 Å². The van der Waals surface area contributed by atoms with Crippen molar-refractivity contribution in [2.75, 3.05) is 19.4 Å². The number of amides is 1. The lowest BCUT2D eigenvalue weighted by Gasteiger charge is -2.23. The summed E-state index contributed by atoms with van der Waals surface area (Å²) in [5.41, 5.74) is 7.10. The zero-order valence-corrected chi connectivity index (χ0v) is 11.7. The van der Waals surface area contributed by atoms with E-state index in [0.29, 0.717) is 24.3 Å². The van der Waals surface area contributed by atoms with Crippen molar-refractivity contribution in [3.05, 3.63) is 11.4 Å². The van der Waals surface area contributed by atoms with Gasteiger partial charge in [0.2, 0.25) is 0 Å². The molecule has 0 aliphatic heterocycles. The number of rotatable bonds is 5. The molecule has 1 aromatic rings. The lowest BCUT2D eigenvalue weighted by Crippen LogP contribution is -2.40. The average Bonchev–Trinajstić information content (AvgIpc) is 2.61. The summed E-state index contributed by atoms with van der Waals surface area (Å²) in [7, 11) is 3.33. The molecule has 0 saturated carbocycles. The summed E-state index contributed by atoms with van der Waals surface area (Å²) in [5.74, 6) is -0.229. The Kier molecular flexibility index (Phi) is 4.34. The number of anilines is 1. The van der Waals surface area contributed by atoms with E-state index in [4.69, 9.17) is 10.5 Å². The van der Waals surface area contributed by atoms with Crippen LogP contribution in [0.2, 0.25) is 0 Å². The Balaban J connectivity index is 2.82. The van der Waals surface area contributed by atoms with E-state index >= 15 is 0 Å². The van der Waals surface area contributed by atoms with Crippen LogP contribution < -0.4 is 11.1 Å². The molecule has 1 rings (SSSR count). The second-order valence-corrected chi connectivity index (χ2v) is 4.83. The number of aromatic nitrogens is 2. The minimum absolute atomic E-state index is 0.229. The van der Waals surface area contributed by atoms with E-state index in [1.165, 1.54) is 4.68 Å². The zero-order chi connectivity index (χ0) is 13.9. The van der Waals surface area contributed by atoms with Crippen molar-refractivity contribution in [3.63, 3.8) is 0 Å². The van der Waals surface area contributed by atoms with Gasteiger partial charge in [-0.2, -0.15) is 5.10 Å². The Morgan fingerprint density at radius 1 is 1.56 bits per heavy atom. The molecule has 1 heterocycles. The van der Waals surface area contributed by atoms with Crippen molar-refractivity contribution in [1.29, 1.82) is 0 Å². The Hall–Kier alpha value is -1.56. The van der Waals surface area contributed by atoms with Gasteiger partial charge in [-0.25, -0.2) is 0 Å². The minimum atomic E-state index is -0.406. The number of nitrogens with one attached hydrogen (secondary N) is 1. The molecule has 0 unspecified atom stereocenters. The number of nitrogens with zero attached hydrogens (tertiary/aromatic N) is 2. The van der Waals surface area contributed by atoms with Gasteiger partial charge >= 0.3 is 0 Å². The maximum Gasteiger partial charge on any atom is 0.271 e. The van der Waals surface area contributed by atoms with Gasteiger partial charge < -0.3 is 15.8 Å². The van der Waals surface area contributed by atoms with Crippen LogP contribution in [-0.2, 0) is 18.2 Å². The smallest absolute Gasteiger partial charge is 0.271 e. The summed E-state index contributed by atoms with van der Waals surface area (Å²) in [5, 5.41) is 7.02. The fourth-order valence-electron chi connectivity index (χ4n) is 1.58. The molecule has 6 nitrogen and oxygen atoms in total. The number of methoxy groups -OCH3 is 1. The van der Waals surface area contributed by atoms with Crippen molar-refractivity contribution in [3.8, 4) is 0 Å². The number of hydrogen-bond donors (Lipinski definition) is 2. The molecule has 18 heavy (non-hydrogen) atoms. The van der Waals surface area contributed by atoms with E-state index in [1.807, 2.05) is 20.8 Å². The van der Waals surface area contributed by atoms with Crippen LogP contribution in [0, 0.1) is 0 Å². The van der Waals surface area contributed by atoms with Gasteiger partial charge in [0, 0.05) is 20.7 Å². The Labute approximate surface area is 107 Å². The molecular formula is C12H22N4O2. The van der Waals surface area contributed by atoms with Crippen LogP contribution in [0.5, 0.6) is 0 Å². The summed E-state index contributed by atoms with van der Waals surface area (Å²) < 4.78 is 6.76. The second-order valence-electron chi connectivity index (χ2n) is 4.83. The first-order valence-electron chi connectivity index (χ1n) is 5.97. The van der Waals surface area contributed by atoms with Gasteiger partial charge in [0.15, 0.2) is 0 Å². The Morgan fingerprint density at radius 3 is 2.61 bits per heavy atom. The first-order chi connectivity index (χ1) is 8.32. The second kappa shape index (κ2) is 5.39. The zero-order valence-electron chi connectivity index (χ0n) is 11.7. The number of nitrogen functional groups attached to an aromatic ring is 1. The largest absolute Gasteiger partial charge is 0.395 e.